The number of halogens is 1. The minimum atomic E-state index is -3.67. The first-order chi connectivity index (χ1) is 16.3. The van der Waals surface area contributed by atoms with Crippen molar-refractivity contribution in [3.05, 3.63) is 65.0 Å². The number of benzene rings is 2. The van der Waals surface area contributed by atoms with E-state index in [2.05, 4.69) is 0 Å². The van der Waals surface area contributed by atoms with Crippen LogP contribution in [-0.2, 0) is 20.2 Å². The molecule has 1 saturated carbocycles. The topological polar surface area (TPSA) is 70.2 Å². The highest BCUT2D eigenvalue weighted by molar-refractivity contribution is 7.89. The van der Waals surface area contributed by atoms with Crippen LogP contribution in [0.25, 0.3) is 0 Å². The molecule has 4 aliphatic rings. The summed E-state index contributed by atoms with van der Waals surface area (Å²) in [6.45, 7) is 2.72. The third-order valence-corrected chi connectivity index (χ3v) is 9.27. The normalized spacial score (nSPS) is 21.4. The molecule has 3 aliphatic heterocycles. The van der Waals surface area contributed by atoms with Gasteiger partial charge in [-0.3, -0.25) is 4.79 Å². The number of likely N-dealkylation sites (N-methyl/N-ethyl adjacent to an activating group) is 1. The Bertz CT molecular complexity index is 1320. The third-order valence-electron chi connectivity index (χ3n) is 7.49. The number of amides is 1. The SMILES string of the molecule is CN1CCOc2ccc(S(=O)(=O)N3CC4=C(CN(C(=O)C5(c6cccc(F)c6)CC5)C4)C3)cc21. The fourth-order valence-corrected chi connectivity index (χ4v) is 6.79. The lowest BCUT2D eigenvalue weighted by atomic mass is 9.94. The van der Waals surface area contributed by atoms with Gasteiger partial charge in [0.2, 0.25) is 15.9 Å². The van der Waals surface area contributed by atoms with Crippen LogP contribution < -0.4 is 9.64 Å². The van der Waals surface area contributed by atoms with Crippen molar-refractivity contribution in [1.29, 1.82) is 0 Å². The molecule has 1 fully saturated rings. The van der Waals surface area contributed by atoms with Gasteiger partial charge in [0.25, 0.3) is 0 Å². The molecule has 2 aromatic rings. The second-order valence-electron chi connectivity index (χ2n) is 9.63. The summed E-state index contributed by atoms with van der Waals surface area (Å²) in [5, 5.41) is 0. The largest absolute Gasteiger partial charge is 0.490 e. The van der Waals surface area contributed by atoms with E-state index >= 15 is 0 Å². The fourth-order valence-electron chi connectivity index (χ4n) is 5.34. The van der Waals surface area contributed by atoms with E-state index in [9.17, 15) is 17.6 Å². The van der Waals surface area contributed by atoms with Gasteiger partial charge in [-0.05, 0) is 59.9 Å². The number of rotatable bonds is 4. The average molecular weight is 484 g/mol. The molecule has 0 saturated heterocycles. The van der Waals surface area contributed by atoms with Crippen LogP contribution in [0.5, 0.6) is 5.75 Å². The summed E-state index contributed by atoms with van der Waals surface area (Å²) >= 11 is 0. The summed E-state index contributed by atoms with van der Waals surface area (Å²) in [7, 11) is -1.75. The number of nitrogens with zero attached hydrogens (tertiary/aromatic N) is 3. The van der Waals surface area contributed by atoms with Crippen molar-refractivity contribution in [1.82, 2.24) is 9.21 Å². The van der Waals surface area contributed by atoms with Crippen molar-refractivity contribution < 1.29 is 22.3 Å². The van der Waals surface area contributed by atoms with Crippen molar-refractivity contribution in [2.45, 2.75) is 23.2 Å². The molecule has 0 atom stereocenters. The Morgan fingerprint density at radius 3 is 2.44 bits per heavy atom. The monoisotopic (exact) mass is 483 g/mol. The first kappa shape index (κ1) is 21.6. The Morgan fingerprint density at radius 2 is 1.76 bits per heavy atom. The molecule has 0 bridgehead atoms. The van der Waals surface area contributed by atoms with Crippen LogP contribution in [-0.4, -0.2) is 69.9 Å². The van der Waals surface area contributed by atoms with Crippen molar-refractivity contribution in [2.75, 3.05) is 51.3 Å². The van der Waals surface area contributed by atoms with E-state index in [1.807, 2.05) is 18.0 Å². The minimum absolute atomic E-state index is 0.0135. The number of ether oxygens (including phenoxy) is 1. The maximum absolute atomic E-state index is 13.8. The van der Waals surface area contributed by atoms with Crippen LogP contribution >= 0.6 is 0 Å². The number of carbonyl (C=O) groups is 1. The molecule has 0 spiro atoms. The Labute approximate surface area is 198 Å². The number of hydrogen-bond donors (Lipinski definition) is 0. The molecule has 1 amide bonds. The van der Waals surface area contributed by atoms with E-state index in [0.29, 0.717) is 44.8 Å². The molecule has 2 aromatic carbocycles. The van der Waals surface area contributed by atoms with Gasteiger partial charge in [-0.25, -0.2) is 12.8 Å². The molecule has 178 valence electrons. The summed E-state index contributed by atoms with van der Waals surface area (Å²) in [6, 6.07) is 11.3. The van der Waals surface area contributed by atoms with Crippen LogP contribution in [0, 0.1) is 5.82 Å². The summed E-state index contributed by atoms with van der Waals surface area (Å²) in [4.78, 5) is 17.4. The number of anilines is 1. The lowest BCUT2D eigenvalue weighted by Gasteiger charge is -2.29. The van der Waals surface area contributed by atoms with Crippen LogP contribution in [0.2, 0.25) is 0 Å². The second-order valence-corrected chi connectivity index (χ2v) is 11.6. The molecule has 34 heavy (non-hydrogen) atoms. The van der Waals surface area contributed by atoms with Crippen molar-refractivity contribution in [3.8, 4) is 5.75 Å². The predicted octanol–water partition coefficient (Wildman–Crippen LogP) is 2.53. The predicted molar refractivity (Wildman–Crippen MR) is 125 cm³/mol. The molecular weight excluding hydrogens is 457 g/mol. The van der Waals surface area contributed by atoms with Gasteiger partial charge in [0.05, 0.1) is 22.5 Å². The summed E-state index contributed by atoms with van der Waals surface area (Å²) in [5.41, 5.74) is 2.85. The highest BCUT2D eigenvalue weighted by atomic mass is 32.2. The van der Waals surface area contributed by atoms with Crippen LogP contribution in [0.4, 0.5) is 10.1 Å². The van der Waals surface area contributed by atoms with Gasteiger partial charge in [0.15, 0.2) is 0 Å². The molecule has 6 rings (SSSR count). The van der Waals surface area contributed by atoms with E-state index in [0.717, 1.165) is 22.4 Å². The lowest BCUT2D eigenvalue weighted by molar-refractivity contribution is -0.132. The van der Waals surface area contributed by atoms with Crippen LogP contribution in [0.1, 0.15) is 18.4 Å². The van der Waals surface area contributed by atoms with Gasteiger partial charge in [-0.2, -0.15) is 4.31 Å². The van der Waals surface area contributed by atoms with E-state index in [4.69, 9.17) is 4.74 Å². The van der Waals surface area contributed by atoms with E-state index in [1.54, 1.807) is 29.2 Å². The number of sulfonamides is 1. The fraction of sp³-hybridized carbons (Fsp3) is 0.400. The zero-order valence-electron chi connectivity index (χ0n) is 19.0. The smallest absolute Gasteiger partial charge is 0.243 e. The average Bonchev–Trinajstić information content (AvgIpc) is 3.38. The standard InChI is InChI=1S/C25H26FN3O4S/c1-27-9-10-33-23-6-5-21(12-22(23)27)34(31,32)29-15-17-13-28(14-18(17)16-29)24(30)25(7-8-25)19-3-2-4-20(26)11-19/h2-6,11-12H,7-10,13-16H2,1H3. The quantitative estimate of drug-likeness (QED) is 0.626. The Balaban J connectivity index is 1.16. The third kappa shape index (κ3) is 3.32. The van der Waals surface area contributed by atoms with Crippen molar-refractivity contribution >= 4 is 21.6 Å². The first-order valence-corrected chi connectivity index (χ1v) is 13.0. The molecule has 9 heteroatoms. The van der Waals surface area contributed by atoms with E-state index in [-0.39, 0.29) is 29.7 Å². The van der Waals surface area contributed by atoms with Crippen LogP contribution in [0.15, 0.2) is 58.5 Å². The Hall–Kier alpha value is -2.91. The molecular formula is C25H26FN3O4S. The van der Waals surface area contributed by atoms with Gasteiger partial charge in [-0.15, -0.1) is 0 Å². The molecule has 7 nitrogen and oxygen atoms in total. The summed E-state index contributed by atoms with van der Waals surface area (Å²) < 4.78 is 47.7. The van der Waals surface area contributed by atoms with Crippen molar-refractivity contribution in [3.63, 3.8) is 0 Å². The molecule has 0 aromatic heterocycles. The van der Waals surface area contributed by atoms with Gasteiger partial charge in [-0.1, -0.05) is 12.1 Å². The number of carbonyl (C=O) groups excluding carboxylic acids is 1. The highest BCUT2D eigenvalue weighted by Crippen LogP contribution is 2.50. The lowest BCUT2D eigenvalue weighted by Crippen LogP contribution is -2.41. The molecule has 0 N–H and O–H groups in total. The van der Waals surface area contributed by atoms with Gasteiger partial charge >= 0.3 is 0 Å². The van der Waals surface area contributed by atoms with Gasteiger partial charge < -0.3 is 14.5 Å². The maximum atomic E-state index is 13.8. The van der Waals surface area contributed by atoms with E-state index < -0.39 is 15.4 Å². The summed E-state index contributed by atoms with van der Waals surface area (Å²) in [6.07, 6.45) is 1.43. The van der Waals surface area contributed by atoms with Crippen molar-refractivity contribution in [2.24, 2.45) is 0 Å². The Kier molecular flexibility index (Phi) is 4.80. The zero-order chi connectivity index (χ0) is 23.7. The molecule has 3 heterocycles. The van der Waals surface area contributed by atoms with Gasteiger partial charge in [0, 0.05) is 33.2 Å². The maximum Gasteiger partial charge on any atom is 0.243 e. The first-order valence-electron chi connectivity index (χ1n) is 11.5. The highest BCUT2D eigenvalue weighted by Gasteiger charge is 2.54. The minimum Gasteiger partial charge on any atom is -0.490 e. The number of fused-ring (bicyclic) bond motifs is 1. The van der Waals surface area contributed by atoms with E-state index in [1.165, 1.54) is 16.4 Å². The van der Waals surface area contributed by atoms with Crippen LogP contribution in [0.3, 0.4) is 0 Å². The Morgan fingerprint density at radius 1 is 1.03 bits per heavy atom. The second kappa shape index (κ2) is 7.55. The molecule has 0 unspecified atom stereocenters. The molecule has 1 aliphatic carbocycles. The zero-order valence-corrected chi connectivity index (χ0v) is 19.8. The summed E-state index contributed by atoms with van der Waals surface area (Å²) in [5.74, 6) is 0.371. The van der Waals surface area contributed by atoms with Gasteiger partial charge in [0.1, 0.15) is 18.2 Å². The molecule has 0 radical (unpaired) electrons. The number of hydrogen-bond acceptors (Lipinski definition) is 5.